The average Bonchev–Trinajstić information content (AvgIpc) is 2.86. The fourth-order valence-electron chi connectivity index (χ4n) is 4.01. The molecule has 1 atom stereocenters. The van der Waals surface area contributed by atoms with Crippen molar-refractivity contribution in [3.63, 3.8) is 0 Å². The van der Waals surface area contributed by atoms with E-state index < -0.39 is 25.2 Å². The highest BCUT2D eigenvalue weighted by Crippen LogP contribution is 2.55. The normalized spacial score (nSPS) is 11.8. The summed E-state index contributed by atoms with van der Waals surface area (Å²) < 4.78 is 5.32. The lowest BCUT2D eigenvalue weighted by Crippen LogP contribution is -3.00. The maximum atomic E-state index is 12.0. The Morgan fingerprint density at radius 2 is 1.24 bits per heavy atom. The molecule has 0 spiro atoms. The molecule has 0 aromatic heterocycles. The molecule has 3 aromatic rings. The van der Waals surface area contributed by atoms with Crippen molar-refractivity contribution in [2.24, 2.45) is 5.73 Å². The van der Waals surface area contributed by atoms with Crippen LogP contribution in [0.4, 0.5) is 0 Å². The third kappa shape index (κ3) is 7.23. The van der Waals surface area contributed by atoms with E-state index in [1.165, 1.54) is 15.9 Å². The van der Waals surface area contributed by atoms with E-state index in [1.807, 2.05) is 18.2 Å². The van der Waals surface area contributed by atoms with Crippen LogP contribution in [-0.4, -0.2) is 35.9 Å². The van der Waals surface area contributed by atoms with E-state index in [1.54, 1.807) is 0 Å². The largest absolute Gasteiger partial charge is 1.00 e. The van der Waals surface area contributed by atoms with Gasteiger partial charge in [0.1, 0.15) is 29.2 Å². The molecule has 0 saturated carbocycles. The molecular formula is C27H31BrNO4P. The topological polar surface area (TPSA) is 89.6 Å². The van der Waals surface area contributed by atoms with Crippen LogP contribution in [0.1, 0.15) is 25.7 Å². The van der Waals surface area contributed by atoms with Gasteiger partial charge in [-0.2, -0.15) is 0 Å². The number of esters is 1. The molecule has 0 aliphatic carbocycles. The van der Waals surface area contributed by atoms with E-state index in [2.05, 4.69) is 72.8 Å². The minimum Gasteiger partial charge on any atom is -1.00 e. The van der Waals surface area contributed by atoms with Crippen LogP contribution in [0.25, 0.3) is 0 Å². The third-order valence-corrected chi connectivity index (χ3v) is 10.2. The summed E-state index contributed by atoms with van der Waals surface area (Å²) >= 11 is 0. The minimum atomic E-state index is -1.89. The van der Waals surface area contributed by atoms with Crippen molar-refractivity contribution in [3.8, 4) is 0 Å². The van der Waals surface area contributed by atoms with Gasteiger partial charge in [0.15, 0.2) is 0 Å². The first-order valence-electron chi connectivity index (χ1n) is 11.2. The Morgan fingerprint density at radius 1 is 0.794 bits per heavy atom. The first-order valence-corrected chi connectivity index (χ1v) is 13.2. The molecule has 7 heteroatoms. The molecule has 180 valence electrons. The van der Waals surface area contributed by atoms with Crippen LogP contribution in [0, 0.1) is 0 Å². The predicted molar refractivity (Wildman–Crippen MR) is 135 cm³/mol. The molecule has 0 bridgehead atoms. The van der Waals surface area contributed by atoms with Crippen molar-refractivity contribution in [3.05, 3.63) is 91.0 Å². The standard InChI is InChI=1S/C27H30NO4P.BrH/c28-25(18-19-26(29)30)27(31)32-20-10-11-21-33(22-12-4-1-5-13-22,23-14-6-2-7-15-23)24-16-8-3-9-17-24;/h1-9,12-17,25H,10-11,18-21,28H2;1H/t25-;/m0./s1. The Bertz CT molecular complexity index is 922. The van der Waals surface area contributed by atoms with E-state index in [-0.39, 0.29) is 36.4 Å². The number of unbranched alkanes of at least 4 members (excludes halogenated alkanes) is 1. The minimum absolute atomic E-state index is 0. The lowest BCUT2D eigenvalue weighted by Gasteiger charge is -2.27. The first kappa shape index (κ1) is 27.7. The van der Waals surface area contributed by atoms with Crippen LogP contribution in [0.2, 0.25) is 0 Å². The Hall–Kier alpha value is -2.53. The van der Waals surface area contributed by atoms with Crippen molar-refractivity contribution in [1.82, 2.24) is 0 Å². The molecule has 5 nitrogen and oxygen atoms in total. The van der Waals surface area contributed by atoms with E-state index in [0.717, 1.165) is 12.6 Å². The summed E-state index contributed by atoms with van der Waals surface area (Å²) in [6.45, 7) is 0.276. The smallest absolute Gasteiger partial charge is 0.322 e. The molecule has 34 heavy (non-hydrogen) atoms. The molecule has 0 aliphatic heterocycles. The predicted octanol–water partition coefficient (Wildman–Crippen LogP) is 0.500. The highest BCUT2D eigenvalue weighted by atomic mass is 79.9. The van der Waals surface area contributed by atoms with Gasteiger partial charge in [-0.1, -0.05) is 54.6 Å². The molecular weight excluding hydrogens is 513 g/mol. The van der Waals surface area contributed by atoms with Crippen LogP contribution >= 0.6 is 7.26 Å². The molecule has 0 amide bonds. The summed E-state index contributed by atoms with van der Waals surface area (Å²) in [5.41, 5.74) is 5.75. The fraction of sp³-hybridized carbons (Fsp3) is 0.259. The summed E-state index contributed by atoms with van der Waals surface area (Å²) in [5, 5.41) is 12.7. The summed E-state index contributed by atoms with van der Waals surface area (Å²) in [6, 6.07) is 31.1. The van der Waals surface area contributed by atoms with Crippen molar-refractivity contribution < 1.29 is 36.4 Å². The monoisotopic (exact) mass is 543 g/mol. The molecule has 0 aliphatic rings. The lowest BCUT2D eigenvalue weighted by molar-refractivity contribution is -0.145. The fourth-order valence-corrected chi connectivity index (χ4v) is 8.42. The number of carbonyl (C=O) groups is 2. The summed E-state index contributed by atoms with van der Waals surface area (Å²) in [4.78, 5) is 22.7. The van der Waals surface area contributed by atoms with Gasteiger partial charge < -0.3 is 32.6 Å². The molecule has 0 fully saturated rings. The van der Waals surface area contributed by atoms with Gasteiger partial charge in [-0.25, -0.2) is 0 Å². The first-order chi connectivity index (χ1) is 16.0. The zero-order chi connectivity index (χ0) is 23.5. The van der Waals surface area contributed by atoms with Gasteiger partial charge in [0, 0.05) is 6.42 Å². The molecule has 0 unspecified atom stereocenters. The highest BCUT2D eigenvalue weighted by Gasteiger charge is 2.44. The number of aliphatic carboxylic acids is 1. The van der Waals surface area contributed by atoms with Crippen LogP contribution in [0.15, 0.2) is 91.0 Å². The van der Waals surface area contributed by atoms with Gasteiger partial charge in [0.05, 0.1) is 12.8 Å². The van der Waals surface area contributed by atoms with Gasteiger partial charge in [0.25, 0.3) is 0 Å². The average molecular weight is 544 g/mol. The van der Waals surface area contributed by atoms with Crippen LogP contribution in [0.3, 0.4) is 0 Å². The zero-order valence-corrected chi connectivity index (χ0v) is 21.5. The number of hydrogen-bond acceptors (Lipinski definition) is 4. The van der Waals surface area contributed by atoms with Gasteiger partial charge >= 0.3 is 11.9 Å². The quantitative estimate of drug-likeness (QED) is 0.197. The second kappa shape index (κ2) is 14.0. The molecule has 3 N–H and O–H groups in total. The van der Waals surface area contributed by atoms with Gasteiger partial charge in [-0.05, 0) is 55.7 Å². The summed E-state index contributed by atoms with van der Waals surface area (Å²) in [5.74, 6) is -1.51. The zero-order valence-electron chi connectivity index (χ0n) is 19.1. The summed E-state index contributed by atoms with van der Waals surface area (Å²) in [6.07, 6.45) is 2.48. The van der Waals surface area contributed by atoms with E-state index in [9.17, 15) is 9.59 Å². The number of carbonyl (C=O) groups excluding carboxylic acids is 1. The Morgan fingerprint density at radius 3 is 1.65 bits per heavy atom. The summed E-state index contributed by atoms with van der Waals surface area (Å²) in [7, 11) is -1.89. The maximum absolute atomic E-state index is 12.0. The van der Waals surface area contributed by atoms with E-state index >= 15 is 0 Å². The van der Waals surface area contributed by atoms with Crippen molar-refractivity contribution >= 4 is 35.1 Å². The van der Waals surface area contributed by atoms with Crippen LogP contribution in [0.5, 0.6) is 0 Å². The number of rotatable bonds is 12. The molecule has 0 heterocycles. The number of nitrogens with two attached hydrogens (primary N) is 1. The van der Waals surface area contributed by atoms with E-state index in [4.69, 9.17) is 15.6 Å². The number of hydrogen-bond donors (Lipinski definition) is 2. The maximum Gasteiger partial charge on any atom is 0.322 e. The van der Waals surface area contributed by atoms with Crippen molar-refractivity contribution in [2.75, 3.05) is 12.8 Å². The van der Waals surface area contributed by atoms with E-state index in [0.29, 0.717) is 6.42 Å². The number of benzene rings is 3. The Kier molecular flexibility index (Phi) is 11.4. The Balaban J connectivity index is 0.00000408. The third-order valence-electron chi connectivity index (χ3n) is 5.70. The number of halogens is 1. The number of ether oxygens (including phenoxy) is 1. The van der Waals surface area contributed by atoms with Gasteiger partial charge in [0.2, 0.25) is 0 Å². The van der Waals surface area contributed by atoms with Gasteiger partial charge in [-0.3, -0.25) is 9.59 Å². The van der Waals surface area contributed by atoms with Crippen LogP contribution < -0.4 is 38.6 Å². The van der Waals surface area contributed by atoms with Crippen molar-refractivity contribution in [2.45, 2.75) is 31.7 Å². The molecule has 0 saturated heterocycles. The molecule has 3 rings (SSSR count). The highest BCUT2D eigenvalue weighted by molar-refractivity contribution is 7.95. The molecule has 0 radical (unpaired) electrons. The SMILES string of the molecule is N[C@@H](CCC(=O)O)C(=O)OCCCC[P+](c1ccccc1)(c1ccccc1)c1ccccc1.[Br-]. The van der Waals surface area contributed by atoms with Gasteiger partial charge in [-0.15, -0.1) is 0 Å². The second-order valence-corrected chi connectivity index (χ2v) is 11.6. The lowest BCUT2D eigenvalue weighted by atomic mass is 10.2. The Labute approximate surface area is 212 Å². The second-order valence-electron chi connectivity index (χ2n) is 7.95. The molecule has 3 aromatic carbocycles. The number of carboxylic acid groups (broad SMARTS) is 1. The van der Waals surface area contributed by atoms with Crippen molar-refractivity contribution in [1.29, 1.82) is 0 Å². The number of carboxylic acids is 1. The van der Waals surface area contributed by atoms with Crippen LogP contribution in [-0.2, 0) is 14.3 Å².